The lowest BCUT2D eigenvalue weighted by atomic mass is 10.0. The van der Waals surface area contributed by atoms with Crippen molar-refractivity contribution in [1.82, 2.24) is 9.97 Å². The summed E-state index contributed by atoms with van der Waals surface area (Å²) in [6.45, 7) is 1.87. The van der Waals surface area contributed by atoms with Crippen molar-refractivity contribution in [2.45, 2.75) is 11.8 Å². The number of aromatic nitrogens is 2. The van der Waals surface area contributed by atoms with Gasteiger partial charge in [-0.1, -0.05) is 17.4 Å². The predicted molar refractivity (Wildman–Crippen MR) is 101 cm³/mol. The van der Waals surface area contributed by atoms with Crippen LogP contribution in [0.15, 0.2) is 41.6 Å². The van der Waals surface area contributed by atoms with Crippen LogP contribution in [0.1, 0.15) is 15.9 Å². The van der Waals surface area contributed by atoms with Gasteiger partial charge in [0.2, 0.25) is 0 Å². The van der Waals surface area contributed by atoms with Gasteiger partial charge in [-0.25, -0.2) is 14.8 Å². The number of rotatable bonds is 5. The van der Waals surface area contributed by atoms with E-state index in [2.05, 4.69) is 27.9 Å². The first-order valence-electron chi connectivity index (χ1n) is 7.29. The summed E-state index contributed by atoms with van der Waals surface area (Å²) < 4.78 is 5.20. The van der Waals surface area contributed by atoms with Crippen molar-refractivity contribution < 1.29 is 14.6 Å². The van der Waals surface area contributed by atoms with Crippen molar-refractivity contribution in [3.63, 3.8) is 0 Å². The molecule has 3 aromatic rings. The fourth-order valence-electron chi connectivity index (χ4n) is 2.37. The van der Waals surface area contributed by atoms with Crippen molar-refractivity contribution >= 4 is 40.9 Å². The van der Waals surface area contributed by atoms with Crippen LogP contribution in [0.25, 0.3) is 10.4 Å². The zero-order chi connectivity index (χ0) is 18.0. The van der Waals surface area contributed by atoms with Gasteiger partial charge in [0.05, 0.1) is 16.9 Å². The molecule has 0 aliphatic rings. The van der Waals surface area contributed by atoms with Crippen molar-refractivity contribution in [3.8, 4) is 16.2 Å². The number of nitrogens with zero attached hydrogens (tertiary/aromatic N) is 2. The molecule has 0 spiro atoms. The first-order chi connectivity index (χ1) is 12.0. The van der Waals surface area contributed by atoms with Gasteiger partial charge in [-0.3, -0.25) is 0 Å². The van der Waals surface area contributed by atoms with Crippen molar-refractivity contribution in [3.05, 3.63) is 47.8 Å². The third-order valence-electron chi connectivity index (χ3n) is 3.61. The predicted octanol–water partition coefficient (Wildman–Crippen LogP) is 4.25. The lowest BCUT2D eigenvalue weighted by Crippen LogP contribution is -2.03. The fraction of sp³-hybridized carbons (Fsp3) is 0.118. The lowest BCUT2D eigenvalue weighted by molar-refractivity contribution is 0.0693. The molecule has 6 nitrogen and oxygen atoms in total. The molecule has 128 valence electrons. The average molecular weight is 373 g/mol. The molecule has 0 aliphatic heterocycles. The van der Waals surface area contributed by atoms with Gasteiger partial charge >= 0.3 is 5.97 Å². The van der Waals surface area contributed by atoms with Gasteiger partial charge < -0.3 is 15.2 Å². The van der Waals surface area contributed by atoms with E-state index >= 15 is 0 Å². The summed E-state index contributed by atoms with van der Waals surface area (Å²) in [6, 6.07) is 7.15. The van der Waals surface area contributed by atoms with Gasteiger partial charge in [0.1, 0.15) is 17.1 Å². The number of anilines is 2. The van der Waals surface area contributed by atoms with Gasteiger partial charge in [0.15, 0.2) is 5.13 Å². The van der Waals surface area contributed by atoms with E-state index in [0.29, 0.717) is 15.8 Å². The lowest BCUT2D eigenvalue weighted by Gasteiger charge is -2.13. The van der Waals surface area contributed by atoms with Crippen LogP contribution in [-0.2, 0) is 0 Å². The Kier molecular flexibility index (Phi) is 4.91. The molecule has 2 heterocycles. The average Bonchev–Trinajstić information content (AvgIpc) is 3.06. The monoisotopic (exact) mass is 373 g/mol. The highest BCUT2D eigenvalue weighted by atomic mass is 32.1. The summed E-state index contributed by atoms with van der Waals surface area (Å²) in [5.74, 6) is -0.117. The first kappa shape index (κ1) is 17.2. The SMILES string of the molecule is COc1c(C(=O)O)cc(-c2cnc(Nc3ccccn3)s2)c(C)c1S. The minimum atomic E-state index is -1.07. The molecule has 8 heteroatoms. The Balaban J connectivity index is 2.01. The molecule has 1 aromatic carbocycles. The molecule has 0 atom stereocenters. The zero-order valence-electron chi connectivity index (χ0n) is 13.5. The Morgan fingerprint density at radius 2 is 2.16 bits per heavy atom. The number of hydrogen-bond acceptors (Lipinski definition) is 7. The summed E-state index contributed by atoms with van der Waals surface area (Å²) in [5.41, 5.74) is 1.66. The van der Waals surface area contributed by atoms with Crippen LogP contribution in [0, 0.1) is 6.92 Å². The van der Waals surface area contributed by atoms with Crippen LogP contribution in [0.3, 0.4) is 0 Å². The molecular formula is C17H15N3O3S2. The summed E-state index contributed by atoms with van der Waals surface area (Å²) >= 11 is 5.84. The van der Waals surface area contributed by atoms with Crippen LogP contribution in [0.2, 0.25) is 0 Å². The largest absolute Gasteiger partial charge is 0.495 e. The number of methoxy groups -OCH3 is 1. The quantitative estimate of drug-likeness (QED) is 0.580. The molecule has 25 heavy (non-hydrogen) atoms. The highest BCUT2D eigenvalue weighted by molar-refractivity contribution is 7.80. The van der Waals surface area contributed by atoms with E-state index in [-0.39, 0.29) is 11.3 Å². The second-order valence-electron chi connectivity index (χ2n) is 5.15. The Labute approximate surface area is 153 Å². The highest BCUT2D eigenvalue weighted by Gasteiger charge is 2.20. The van der Waals surface area contributed by atoms with Gasteiger partial charge in [-0.2, -0.15) is 0 Å². The van der Waals surface area contributed by atoms with Gasteiger partial charge in [0.25, 0.3) is 0 Å². The number of carboxylic acid groups (broad SMARTS) is 1. The highest BCUT2D eigenvalue weighted by Crippen LogP contribution is 2.40. The Bertz CT molecular complexity index is 926. The summed E-state index contributed by atoms with van der Waals surface area (Å²) in [7, 11) is 1.43. The number of pyridine rings is 1. The Morgan fingerprint density at radius 1 is 1.36 bits per heavy atom. The van der Waals surface area contributed by atoms with E-state index in [4.69, 9.17) is 4.74 Å². The number of benzene rings is 1. The molecule has 2 aromatic heterocycles. The number of ether oxygens (including phenoxy) is 1. The van der Waals surface area contributed by atoms with Crippen LogP contribution >= 0.6 is 24.0 Å². The summed E-state index contributed by atoms with van der Waals surface area (Å²) in [5, 5.41) is 13.2. The van der Waals surface area contributed by atoms with Gasteiger partial charge in [-0.15, -0.1) is 12.6 Å². The number of carbonyl (C=O) groups is 1. The summed E-state index contributed by atoms with van der Waals surface area (Å²) in [4.78, 5) is 21.4. The summed E-state index contributed by atoms with van der Waals surface area (Å²) in [6.07, 6.45) is 3.39. The normalized spacial score (nSPS) is 10.5. The number of aromatic carboxylic acids is 1. The minimum Gasteiger partial charge on any atom is -0.495 e. The minimum absolute atomic E-state index is 0.0701. The Morgan fingerprint density at radius 3 is 2.80 bits per heavy atom. The zero-order valence-corrected chi connectivity index (χ0v) is 15.2. The third-order valence-corrected chi connectivity index (χ3v) is 5.10. The molecule has 0 amide bonds. The Hall–Kier alpha value is -2.58. The maximum Gasteiger partial charge on any atom is 0.339 e. The van der Waals surface area contributed by atoms with E-state index in [1.54, 1.807) is 18.5 Å². The number of thiol groups is 1. The second-order valence-corrected chi connectivity index (χ2v) is 6.63. The number of nitrogens with one attached hydrogen (secondary N) is 1. The molecule has 0 aliphatic carbocycles. The van der Waals surface area contributed by atoms with Crippen molar-refractivity contribution in [2.75, 3.05) is 12.4 Å². The van der Waals surface area contributed by atoms with E-state index in [9.17, 15) is 9.90 Å². The third kappa shape index (κ3) is 3.45. The van der Waals surface area contributed by atoms with Crippen LogP contribution in [0.5, 0.6) is 5.75 Å². The molecule has 0 radical (unpaired) electrons. The smallest absolute Gasteiger partial charge is 0.339 e. The van der Waals surface area contributed by atoms with Crippen LogP contribution in [0.4, 0.5) is 10.9 Å². The molecule has 0 saturated carbocycles. The second kappa shape index (κ2) is 7.12. The maximum absolute atomic E-state index is 11.5. The van der Waals surface area contributed by atoms with Crippen molar-refractivity contribution in [2.24, 2.45) is 0 Å². The standard InChI is InChI=1S/C17H15N3O3S2/c1-9-10(7-11(16(21)22)14(23-2)15(9)24)12-8-19-17(25-12)20-13-5-3-4-6-18-13/h3-8,24H,1-2H3,(H,21,22)(H,18,19,20). The first-order valence-corrected chi connectivity index (χ1v) is 8.55. The number of thiazole rings is 1. The fourth-order valence-corrected chi connectivity index (χ4v) is 3.60. The number of carboxylic acids is 1. The molecule has 3 rings (SSSR count). The maximum atomic E-state index is 11.5. The molecule has 2 N–H and O–H groups in total. The molecule has 0 bridgehead atoms. The van der Waals surface area contributed by atoms with E-state index < -0.39 is 5.97 Å². The van der Waals surface area contributed by atoms with Gasteiger partial charge in [-0.05, 0) is 36.2 Å². The van der Waals surface area contributed by atoms with E-state index in [1.807, 2.05) is 25.1 Å². The van der Waals surface area contributed by atoms with Crippen molar-refractivity contribution in [1.29, 1.82) is 0 Å². The van der Waals surface area contributed by atoms with Crippen LogP contribution in [-0.4, -0.2) is 28.2 Å². The van der Waals surface area contributed by atoms with E-state index in [1.165, 1.54) is 18.4 Å². The van der Waals surface area contributed by atoms with E-state index in [0.717, 1.165) is 16.0 Å². The molecule has 0 unspecified atom stereocenters. The molecular weight excluding hydrogens is 358 g/mol. The van der Waals surface area contributed by atoms with Crippen LogP contribution < -0.4 is 10.1 Å². The molecule has 0 saturated heterocycles. The molecule has 0 fully saturated rings. The topological polar surface area (TPSA) is 84.3 Å². The van der Waals surface area contributed by atoms with Gasteiger partial charge in [0, 0.05) is 12.4 Å². The number of hydrogen-bond donors (Lipinski definition) is 3.